The summed E-state index contributed by atoms with van der Waals surface area (Å²) in [5.74, 6) is 0. The van der Waals surface area contributed by atoms with E-state index in [2.05, 4.69) is 33.4 Å². The van der Waals surface area contributed by atoms with Crippen LogP contribution >= 0.6 is 0 Å². The zero-order chi connectivity index (χ0) is 14.8. The predicted molar refractivity (Wildman–Crippen MR) is 89.8 cm³/mol. The first kappa shape index (κ1) is 14.2. The fraction of sp³-hybridized carbons (Fsp3) is 0.611. The zero-order valence-corrected chi connectivity index (χ0v) is 13.3. The molecule has 118 valence electrons. The van der Waals surface area contributed by atoms with Crippen molar-refractivity contribution in [1.29, 1.82) is 0 Å². The maximum Gasteiger partial charge on any atom is 0.137 e. The molecule has 2 fully saturated rings. The van der Waals surface area contributed by atoms with Crippen LogP contribution in [0.4, 0.5) is 0 Å². The van der Waals surface area contributed by atoms with Gasteiger partial charge in [0.15, 0.2) is 0 Å². The quantitative estimate of drug-likeness (QED) is 0.896. The second kappa shape index (κ2) is 6.01. The molecule has 0 saturated carbocycles. The van der Waals surface area contributed by atoms with Gasteiger partial charge in [-0.15, -0.1) is 0 Å². The van der Waals surface area contributed by atoms with E-state index in [4.69, 9.17) is 4.98 Å². The molecule has 0 amide bonds. The highest BCUT2D eigenvalue weighted by atomic mass is 15.1. The van der Waals surface area contributed by atoms with Gasteiger partial charge in [0.2, 0.25) is 0 Å². The third-order valence-corrected chi connectivity index (χ3v) is 5.66. The van der Waals surface area contributed by atoms with Crippen molar-refractivity contribution in [2.45, 2.75) is 38.6 Å². The Morgan fingerprint density at radius 2 is 1.95 bits per heavy atom. The van der Waals surface area contributed by atoms with Crippen LogP contribution in [-0.4, -0.2) is 41.0 Å². The molecule has 1 spiro atoms. The summed E-state index contributed by atoms with van der Waals surface area (Å²) in [6.07, 6.45) is 8.81. The van der Waals surface area contributed by atoms with Crippen molar-refractivity contribution in [1.82, 2.24) is 20.2 Å². The number of rotatable bonds is 2. The number of H-pyrrole nitrogens is 1. The van der Waals surface area contributed by atoms with Crippen LogP contribution in [0.2, 0.25) is 0 Å². The smallest absolute Gasteiger partial charge is 0.137 e. The zero-order valence-electron chi connectivity index (χ0n) is 13.3. The Bertz CT molecular complexity index is 627. The Labute approximate surface area is 132 Å². The highest BCUT2D eigenvalue weighted by molar-refractivity contribution is 5.75. The first-order valence-corrected chi connectivity index (χ1v) is 8.69. The second-order valence-corrected chi connectivity index (χ2v) is 7.10. The molecule has 22 heavy (non-hydrogen) atoms. The second-order valence-electron chi connectivity index (χ2n) is 7.10. The van der Waals surface area contributed by atoms with Gasteiger partial charge < -0.3 is 10.3 Å². The van der Waals surface area contributed by atoms with Crippen LogP contribution in [0.15, 0.2) is 24.4 Å². The molecular formula is C18H26N4. The van der Waals surface area contributed by atoms with Crippen molar-refractivity contribution >= 4 is 11.0 Å². The van der Waals surface area contributed by atoms with Gasteiger partial charge in [-0.2, -0.15) is 0 Å². The maximum atomic E-state index is 4.76. The van der Waals surface area contributed by atoms with Crippen LogP contribution in [0.1, 0.15) is 37.8 Å². The molecule has 2 saturated heterocycles. The minimum Gasteiger partial charge on any atom is -0.346 e. The number of aromatic amines is 1. The summed E-state index contributed by atoms with van der Waals surface area (Å²) in [4.78, 5) is 10.6. The lowest BCUT2D eigenvalue weighted by Crippen LogP contribution is -2.37. The van der Waals surface area contributed by atoms with Gasteiger partial charge in [0.1, 0.15) is 5.65 Å². The van der Waals surface area contributed by atoms with Crippen LogP contribution in [0.25, 0.3) is 11.0 Å². The molecule has 2 aromatic heterocycles. The van der Waals surface area contributed by atoms with Gasteiger partial charge in [-0.1, -0.05) is 0 Å². The number of nitrogens with one attached hydrogen (secondary N) is 2. The molecule has 0 radical (unpaired) electrons. The minimum atomic E-state index is 0.622. The topological polar surface area (TPSA) is 44.0 Å². The lowest BCUT2D eigenvalue weighted by atomic mass is 9.73. The van der Waals surface area contributed by atoms with Gasteiger partial charge >= 0.3 is 0 Å². The summed E-state index contributed by atoms with van der Waals surface area (Å²) in [7, 11) is 0. The monoisotopic (exact) mass is 298 g/mol. The molecule has 0 atom stereocenters. The number of piperidine rings is 1. The van der Waals surface area contributed by atoms with Crippen molar-refractivity contribution in [3.8, 4) is 0 Å². The lowest BCUT2D eigenvalue weighted by Gasteiger charge is -2.37. The normalized spacial score (nSPS) is 22.9. The molecule has 4 heteroatoms. The Morgan fingerprint density at radius 3 is 2.86 bits per heavy atom. The average Bonchev–Trinajstić information content (AvgIpc) is 2.93. The number of hydrogen-bond donors (Lipinski definition) is 2. The van der Waals surface area contributed by atoms with Gasteiger partial charge in [-0.05, 0) is 81.9 Å². The summed E-state index contributed by atoms with van der Waals surface area (Å²) >= 11 is 0. The van der Waals surface area contributed by atoms with E-state index in [1.54, 1.807) is 0 Å². The fourth-order valence-corrected chi connectivity index (χ4v) is 4.21. The minimum absolute atomic E-state index is 0.622. The molecule has 0 aromatic carbocycles. The summed E-state index contributed by atoms with van der Waals surface area (Å²) in [5.41, 5.74) is 2.83. The van der Waals surface area contributed by atoms with Crippen LogP contribution in [0, 0.1) is 5.41 Å². The third-order valence-electron chi connectivity index (χ3n) is 5.66. The SMILES string of the molecule is c1cc2ccc(CN3CCCC4(CCNCC4)CC3)nc2[nH]1. The van der Waals surface area contributed by atoms with Gasteiger partial charge in [0, 0.05) is 18.1 Å². The van der Waals surface area contributed by atoms with Gasteiger partial charge in [0.25, 0.3) is 0 Å². The van der Waals surface area contributed by atoms with Crippen molar-refractivity contribution in [2.75, 3.05) is 26.2 Å². The van der Waals surface area contributed by atoms with E-state index >= 15 is 0 Å². The maximum absolute atomic E-state index is 4.76. The number of likely N-dealkylation sites (tertiary alicyclic amines) is 1. The molecule has 2 aromatic rings. The Balaban J connectivity index is 1.42. The number of fused-ring (bicyclic) bond motifs is 1. The van der Waals surface area contributed by atoms with Crippen molar-refractivity contribution < 1.29 is 0 Å². The fourth-order valence-electron chi connectivity index (χ4n) is 4.21. The summed E-state index contributed by atoms with van der Waals surface area (Å²) in [6, 6.07) is 6.45. The number of pyridine rings is 1. The summed E-state index contributed by atoms with van der Waals surface area (Å²) < 4.78 is 0. The van der Waals surface area contributed by atoms with Crippen molar-refractivity contribution in [2.24, 2.45) is 5.41 Å². The first-order chi connectivity index (χ1) is 10.8. The Morgan fingerprint density at radius 1 is 1.05 bits per heavy atom. The molecule has 0 bridgehead atoms. The molecule has 2 aliphatic rings. The number of aromatic nitrogens is 2. The molecule has 4 rings (SSSR count). The molecule has 2 aliphatic heterocycles. The molecule has 0 unspecified atom stereocenters. The van der Waals surface area contributed by atoms with E-state index in [9.17, 15) is 0 Å². The number of nitrogens with zero attached hydrogens (tertiary/aromatic N) is 2. The number of hydrogen-bond acceptors (Lipinski definition) is 3. The Hall–Kier alpha value is -1.39. The highest BCUT2D eigenvalue weighted by Gasteiger charge is 2.33. The molecular weight excluding hydrogens is 272 g/mol. The van der Waals surface area contributed by atoms with E-state index in [0.717, 1.165) is 12.2 Å². The molecule has 2 N–H and O–H groups in total. The summed E-state index contributed by atoms with van der Waals surface area (Å²) in [5, 5.41) is 4.72. The molecule has 0 aliphatic carbocycles. The summed E-state index contributed by atoms with van der Waals surface area (Å²) in [6.45, 7) is 5.86. The standard InChI is InChI=1S/C18H26N4/c1-5-18(6-10-19-11-7-18)8-13-22(12-1)14-16-3-2-15-4-9-20-17(15)21-16/h2-4,9,19H,1,5-8,10-14H2,(H,20,21). The van der Waals surface area contributed by atoms with E-state index in [1.165, 1.54) is 69.4 Å². The highest BCUT2D eigenvalue weighted by Crippen LogP contribution is 2.39. The van der Waals surface area contributed by atoms with E-state index in [1.807, 2.05) is 6.20 Å². The third kappa shape index (κ3) is 2.90. The first-order valence-electron chi connectivity index (χ1n) is 8.69. The van der Waals surface area contributed by atoms with Crippen LogP contribution < -0.4 is 5.32 Å². The van der Waals surface area contributed by atoms with Crippen LogP contribution in [0.3, 0.4) is 0 Å². The van der Waals surface area contributed by atoms with E-state index < -0.39 is 0 Å². The van der Waals surface area contributed by atoms with Crippen molar-refractivity contribution in [3.05, 3.63) is 30.1 Å². The van der Waals surface area contributed by atoms with E-state index in [0.29, 0.717) is 5.41 Å². The van der Waals surface area contributed by atoms with Crippen LogP contribution in [0.5, 0.6) is 0 Å². The van der Waals surface area contributed by atoms with E-state index in [-0.39, 0.29) is 0 Å². The Kier molecular flexibility index (Phi) is 3.89. The molecule has 4 heterocycles. The van der Waals surface area contributed by atoms with Gasteiger partial charge in [-0.25, -0.2) is 4.98 Å². The van der Waals surface area contributed by atoms with Crippen LogP contribution in [-0.2, 0) is 6.54 Å². The van der Waals surface area contributed by atoms with Gasteiger partial charge in [0.05, 0.1) is 5.69 Å². The van der Waals surface area contributed by atoms with Crippen molar-refractivity contribution in [3.63, 3.8) is 0 Å². The lowest BCUT2D eigenvalue weighted by molar-refractivity contribution is 0.167. The largest absolute Gasteiger partial charge is 0.346 e. The molecule has 4 nitrogen and oxygen atoms in total. The van der Waals surface area contributed by atoms with Gasteiger partial charge in [-0.3, -0.25) is 4.90 Å². The predicted octanol–water partition coefficient (Wildman–Crippen LogP) is 2.92. The average molecular weight is 298 g/mol.